The first kappa shape index (κ1) is 25.4. The molecule has 3 amide bonds. The van der Waals surface area contributed by atoms with E-state index >= 15 is 0 Å². The van der Waals surface area contributed by atoms with E-state index in [2.05, 4.69) is 5.32 Å². The van der Waals surface area contributed by atoms with Crippen LogP contribution in [-0.4, -0.2) is 75.9 Å². The van der Waals surface area contributed by atoms with E-state index < -0.39 is 35.7 Å². The summed E-state index contributed by atoms with van der Waals surface area (Å²) < 4.78 is 13.5. The number of imide groups is 1. The second-order valence-electron chi connectivity index (χ2n) is 6.78. The Hall–Kier alpha value is -3.60. The molecule has 2 rings (SSSR count). The Morgan fingerprint density at radius 3 is 2.19 bits per heavy atom. The van der Waals surface area contributed by atoms with Crippen molar-refractivity contribution in [3.05, 3.63) is 47.8 Å². The van der Waals surface area contributed by atoms with E-state index in [1.54, 1.807) is 37.2 Å². The zero-order chi connectivity index (χ0) is 23.7. The van der Waals surface area contributed by atoms with E-state index in [-0.39, 0.29) is 24.8 Å². The van der Waals surface area contributed by atoms with Crippen molar-refractivity contribution < 1.29 is 38.6 Å². The van der Waals surface area contributed by atoms with Gasteiger partial charge in [0.05, 0.1) is 12.5 Å². The molecular weight excluding hydrogens is 413 g/mol. The monoisotopic (exact) mass is 437 g/mol. The number of carboxylic acids is 2. The van der Waals surface area contributed by atoms with Crippen molar-refractivity contribution in [2.45, 2.75) is 32.0 Å². The van der Waals surface area contributed by atoms with Crippen molar-refractivity contribution in [3.8, 4) is 0 Å². The molecule has 168 valence electrons. The first-order valence-corrected chi connectivity index (χ1v) is 9.13. The molecule has 1 unspecified atom stereocenters. The third-order valence-electron chi connectivity index (χ3n) is 4.33. The van der Waals surface area contributed by atoms with Gasteiger partial charge in [0.15, 0.2) is 0 Å². The summed E-state index contributed by atoms with van der Waals surface area (Å²) in [7, 11) is 3.42. The van der Waals surface area contributed by atoms with Gasteiger partial charge in [-0.2, -0.15) is 0 Å². The number of carbonyl (C=O) groups is 5. The van der Waals surface area contributed by atoms with Crippen LogP contribution in [0.1, 0.15) is 18.9 Å². The van der Waals surface area contributed by atoms with Crippen molar-refractivity contribution in [2.24, 2.45) is 0 Å². The van der Waals surface area contributed by atoms with Crippen molar-refractivity contribution in [2.75, 3.05) is 14.1 Å². The second-order valence-corrected chi connectivity index (χ2v) is 6.78. The Morgan fingerprint density at radius 1 is 1.19 bits per heavy atom. The fourth-order valence-electron chi connectivity index (χ4n) is 2.68. The maximum absolute atomic E-state index is 13.5. The zero-order valence-corrected chi connectivity index (χ0v) is 17.2. The van der Waals surface area contributed by atoms with Gasteiger partial charge in [0.1, 0.15) is 11.9 Å². The van der Waals surface area contributed by atoms with Gasteiger partial charge in [-0.1, -0.05) is 18.2 Å². The molecule has 0 spiro atoms. The maximum atomic E-state index is 13.5. The molecule has 1 aliphatic heterocycles. The summed E-state index contributed by atoms with van der Waals surface area (Å²) >= 11 is 0. The van der Waals surface area contributed by atoms with Crippen LogP contribution in [0.3, 0.4) is 0 Å². The van der Waals surface area contributed by atoms with E-state index in [0.717, 1.165) is 4.90 Å². The Kier molecular flexibility index (Phi) is 9.48. The summed E-state index contributed by atoms with van der Waals surface area (Å²) in [6, 6.07) is 4.64. The average Bonchev–Trinajstić information content (AvgIpc) is 2.99. The molecule has 31 heavy (non-hydrogen) atoms. The van der Waals surface area contributed by atoms with Crippen LogP contribution in [0.25, 0.3) is 0 Å². The Morgan fingerprint density at radius 2 is 1.74 bits per heavy atom. The zero-order valence-electron chi connectivity index (χ0n) is 17.2. The number of amides is 3. The summed E-state index contributed by atoms with van der Waals surface area (Å²) in [5, 5.41) is 18.2. The van der Waals surface area contributed by atoms with Crippen molar-refractivity contribution >= 4 is 29.7 Å². The fourth-order valence-corrected chi connectivity index (χ4v) is 2.68. The van der Waals surface area contributed by atoms with Crippen LogP contribution in [0.2, 0.25) is 0 Å². The third kappa shape index (κ3) is 7.63. The highest BCUT2D eigenvalue weighted by molar-refractivity contribution is 6.08. The molecule has 1 aromatic carbocycles. The van der Waals surface area contributed by atoms with Gasteiger partial charge in [0.25, 0.3) is 0 Å². The number of hydrogen-bond donors (Lipinski definition) is 3. The number of nitrogens with zero attached hydrogens (tertiary/aromatic N) is 2. The fraction of sp³-hybridized carbons (Fsp3) is 0.350. The summed E-state index contributed by atoms with van der Waals surface area (Å²) in [4.78, 5) is 58.2. The third-order valence-corrected chi connectivity index (χ3v) is 4.33. The van der Waals surface area contributed by atoms with Gasteiger partial charge in [-0.15, -0.1) is 0 Å². The minimum absolute atomic E-state index is 0.00315. The number of likely N-dealkylation sites (N-methyl/N-ethyl adjacent to an activating group) is 1. The number of carboxylic acid groups (broad SMARTS) is 2. The molecule has 1 saturated heterocycles. The van der Waals surface area contributed by atoms with Crippen molar-refractivity contribution in [1.29, 1.82) is 0 Å². The van der Waals surface area contributed by atoms with Gasteiger partial charge in [0.2, 0.25) is 17.7 Å². The number of halogens is 1. The standard InChI is InChI=1S/C16H20FN3O3.C4H4O4/c1-10(20-14(21)8-13(16(20)23)19(2)3)15(22)18-9-11-6-4-5-7-12(11)17;5-3(6)1-2-4(7)8/h4-7,10,13H,8-9H2,1-3H3,(H,18,22);1-2H,(H,5,6)(H,7,8)/b;2-1+/t10-,13?;/m1./s1. The van der Waals surface area contributed by atoms with Crippen LogP contribution in [0, 0.1) is 5.82 Å². The number of carbonyl (C=O) groups excluding carboxylic acids is 3. The van der Waals surface area contributed by atoms with Crippen LogP contribution in [-0.2, 0) is 30.5 Å². The highest BCUT2D eigenvalue weighted by atomic mass is 19.1. The number of nitrogens with one attached hydrogen (secondary N) is 1. The van der Waals surface area contributed by atoms with Crippen LogP contribution in [0.15, 0.2) is 36.4 Å². The lowest BCUT2D eigenvalue weighted by Crippen LogP contribution is -2.49. The minimum atomic E-state index is -1.26. The van der Waals surface area contributed by atoms with E-state index in [1.807, 2.05) is 0 Å². The highest BCUT2D eigenvalue weighted by Crippen LogP contribution is 2.19. The highest BCUT2D eigenvalue weighted by Gasteiger charge is 2.43. The number of hydrogen-bond acceptors (Lipinski definition) is 6. The average molecular weight is 437 g/mol. The molecule has 11 heteroatoms. The quantitative estimate of drug-likeness (QED) is 0.406. The molecule has 1 aromatic rings. The van der Waals surface area contributed by atoms with Gasteiger partial charge < -0.3 is 15.5 Å². The van der Waals surface area contributed by atoms with Gasteiger partial charge in [-0.3, -0.25) is 24.2 Å². The second kappa shape index (κ2) is 11.6. The van der Waals surface area contributed by atoms with Crippen LogP contribution in [0.4, 0.5) is 4.39 Å². The SMILES string of the molecule is C[C@H](C(=O)NCc1ccccc1F)N1C(=O)CC(N(C)C)C1=O.O=C(O)/C=C/C(=O)O. The molecule has 1 heterocycles. The lowest BCUT2D eigenvalue weighted by molar-refractivity contribution is -0.147. The van der Waals surface area contributed by atoms with Gasteiger partial charge in [-0.25, -0.2) is 14.0 Å². The molecule has 10 nitrogen and oxygen atoms in total. The molecule has 0 aliphatic carbocycles. The summed E-state index contributed by atoms with van der Waals surface area (Å²) in [5.74, 6) is -4.17. The van der Waals surface area contributed by atoms with Crippen molar-refractivity contribution in [1.82, 2.24) is 15.1 Å². The molecule has 0 bridgehead atoms. The summed E-state index contributed by atoms with van der Waals surface area (Å²) in [5.41, 5.74) is 0.346. The van der Waals surface area contributed by atoms with Crippen LogP contribution < -0.4 is 5.32 Å². The lowest BCUT2D eigenvalue weighted by atomic mass is 10.2. The predicted octanol–water partition coefficient (Wildman–Crippen LogP) is 0.231. The smallest absolute Gasteiger partial charge is 0.328 e. The largest absolute Gasteiger partial charge is 0.478 e. The Balaban J connectivity index is 0.000000512. The molecule has 1 aliphatic rings. The molecule has 0 aromatic heterocycles. The van der Waals surface area contributed by atoms with E-state index in [1.165, 1.54) is 13.0 Å². The topological polar surface area (TPSA) is 144 Å². The molecule has 1 fully saturated rings. The van der Waals surface area contributed by atoms with Crippen LogP contribution >= 0.6 is 0 Å². The molecule has 2 atom stereocenters. The van der Waals surface area contributed by atoms with Gasteiger partial charge >= 0.3 is 11.9 Å². The Labute approximate surface area is 177 Å². The number of rotatable bonds is 7. The van der Waals surface area contributed by atoms with Gasteiger partial charge in [0, 0.05) is 24.3 Å². The van der Waals surface area contributed by atoms with Gasteiger partial charge in [-0.05, 0) is 27.1 Å². The summed E-state index contributed by atoms with van der Waals surface area (Å²) in [6.07, 6.45) is 1.18. The van der Waals surface area contributed by atoms with E-state index in [9.17, 15) is 28.4 Å². The number of benzene rings is 1. The number of aliphatic carboxylic acids is 2. The minimum Gasteiger partial charge on any atom is -0.478 e. The summed E-state index contributed by atoms with van der Waals surface area (Å²) in [6.45, 7) is 1.49. The normalized spacial score (nSPS) is 16.8. The predicted molar refractivity (Wildman–Crippen MR) is 106 cm³/mol. The first-order valence-electron chi connectivity index (χ1n) is 9.13. The van der Waals surface area contributed by atoms with E-state index in [0.29, 0.717) is 17.7 Å². The van der Waals surface area contributed by atoms with Crippen molar-refractivity contribution in [3.63, 3.8) is 0 Å². The first-order chi connectivity index (χ1) is 14.5. The van der Waals surface area contributed by atoms with Crippen LogP contribution in [0.5, 0.6) is 0 Å². The maximum Gasteiger partial charge on any atom is 0.328 e. The van der Waals surface area contributed by atoms with E-state index in [4.69, 9.17) is 10.2 Å². The molecular formula is C20H24FN3O7. The molecule has 3 N–H and O–H groups in total. The molecule has 0 radical (unpaired) electrons. The number of likely N-dealkylation sites (tertiary alicyclic amines) is 1. The Bertz CT molecular complexity index is 869. The molecule has 0 saturated carbocycles. The lowest BCUT2D eigenvalue weighted by Gasteiger charge is -2.23.